The number of amides is 1. The molecular formula is C18H30N4O3. The molecule has 1 aromatic carbocycles. The molecule has 25 heavy (non-hydrogen) atoms. The summed E-state index contributed by atoms with van der Waals surface area (Å²) in [6, 6.07) is 9.71. The minimum Gasteiger partial charge on any atom is -0.469 e. The zero-order chi connectivity index (χ0) is 18.7. The Morgan fingerprint density at radius 1 is 1.04 bits per heavy atom. The number of carbonyl (C=O) groups is 2. The van der Waals surface area contributed by atoms with Gasteiger partial charge in [-0.3, -0.25) is 9.59 Å². The molecule has 0 saturated heterocycles. The Hall–Kier alpha value is -1.96. The second kappa shape index (κ2) is 10.8. The van der Waals surface area contributed by atoms with E-state index in [0.29, 0.717) is 39.1 Å². The maximum atomic E-state index is 12.7. The van der Waals surface area contributed by atoms with Crippen LogP contribution in [0.3, 0.4) is 0 Å². The standard InChI is InChI=1S/C18H30N4O3/c1-25-17(24)9-5-8-16(23)22(10-15-6-3-2-4-7-15)14-18(11-19,12-20)13-21/h2-4,6-7H,5,8-14,19-21H2,1H3. The molecule has 0 atom stereocenters. The molecule has 7 heteroatoms. The normalized spacial score (nSPS) is 11.2. The van der Waals surface area contributed by atoms with E-state index in [1.165, 1.54) is 7.11 Å². The maximum Gasteiger partial charge on any atom is 0.305 e. The summed E-state index contributed by atoms with van der Waals surface area (Å²) < 4.78 is 4.61. The van der Waals surface area contributed by atoms with Crippen LogP contribution in [-0.4, -0.2) is 50.1 Å². The van der Waals surface area contributed by atoms with Crippen molar-refractivity contribution in [1.29, 1.82) is 0 Å². The van der Waals surface area contributed by atoms with Crippen molar-refractivity contribution in [3.63, 3.8) is 0 Å². The largest absolute Gasteiger partial charge is 0.469 e. The van der Waals surface area contributed by atoms with Gasteiger partial charge in [0, 0.05) is 51.0 Å². The van der Waals surface area contributed by atoms with Gasteiger partial charge in [0.05, 0.1) is 7.11 Å². The lowest BCUT2D eigenvalue weighted by Crippen LogP contribution is -2.52. The highest BCUT2D eigenvalue weighted by atomic mass is 16.5. The van der Waals surface area contributed by atoms with Gasteiger partial charge in [0.2, 0.25) is 5.91 Å². The number of esters is 1. The lowest BCUT2D eigenvalue weighted by molar-refractivity contribution is -0.141. The first-order valence-corrected chi connectivity index (χ1v) is 8.49. The number of carbonyl (C=O) groups excluding carboxylic acids is 2. The molecule has 0 heterocycles. The number of rotatable bonds is 11. The van der Waals surface area contributed by atoms with E-state index in [1.807, 2.05) is 30.3 Å². The predicted molar refractivity (Wildman–Crippen MR) is 97.3 cm³/mol. The molecule has 0 aliphatic rings. The Kier molecular flexibility index (Phi) is 9.12. The van der Waals surface area contributed by atoms with E-state index in [4.69, 9.17) is 17.2 Å². The minimum absolute atomic E-state index is 0.0486. The zero-order valence-corrected chi connectivity index (χ0v) is 14.9. The summed E-state index contributed by atoms with van der Waals surface area (Å²) >= 11 is 0. The number of nitrogens with two attached hydrogens (primary N) is 3. The Bertz CT molecular complexity index is 524. The quantitative estimate of drug-likeness (QED) is 0.490. The van der Waals surface area contributed by atoms with E-state index < -0.39 is 5.41 Å². The first-order chi connectivity index (χ1) is 12.0. The van der Waals surface area contributed by atoms with Crippen molar-refractivity contribution in [3.8, 4) is 0 Å². The number of methoxy groups -OCH3 is 1. The minimum atomic E-state index is -0.507. The van der Waals surface area contributed by atoms with Gasteiger partial charge in [-0.05, 0) is 12.0 Å². The molecule has 7 nitrogen and oxygen atoms in total. The zero-order valence-electron chi connectivity index (χ0n) is 14.9. The molecule has 0 aromatic heterocycles. The van der Waals surface area contributed by atoms with Gasteiger partial charge in [-0.15, -0.1) is 0 Å². The molecule has 0 fully saturated rings. The first kappa shape index (κ1) is 21.1. The monoisotopic (exact) mass is 350 g/mol. The van der Waals surface area contributed by atoms with Gasteiger partial charge in [0.15, 0.2) is 0 Å². The molecule has 0 aliphatic heterocycles. The fourth-order valence-corrected chi connectivity index (χ4v) is 2.53. The summed E-state index contributed by atoms with van der Waals surface area (Å²) in [6.07, 6.45) is 0.923. The van der Waals surface area contributed by atoms with Crippen molar-refractivity contribution in [1.82, 2.24) is 4.90 Å². The molecule has 1 amide bonds. The molecule has 0 radical (unpaired) electrons. The van der Waals surface area contributed by atoms with Gasteiger partial charge < -0.3 is 26.8 Å². The highest BCUT2D eigenvalue weighted by Crippen LogP contribution is 2.18. The predicted octanol–water partition coefficient (Wildman–Crippen LogP) is 0.221. The van der Waals surface area contributed by atoms with Crippen LogP contribution < -0.4 is 17.2 Å². The molecule has 0 unspecified atom stereocenters. The van der Waals surface area contributed by atoms with Gasteiger partial charge in [0.25, 0.3) is 0 Å². The van der Waals surface area contributed by atoms with Crippen LogP contribution in [0.5, 0.6) is 0 Å². The van der Waals surface area contributed by atoms with Crippen molar-refractivity contribution in [2.24, 2.45) is 22.6 Å². The van der Waals surface area contributed by atoms with Crippen molar-refractivity contribution in [2.45, 2.75) is 25.8 Å². The molecule has 1 rings (SSSR count). The molecule has 1 aromatic rings. The smallest absolute Gasteiger partial charge is 0.305 e. The van der Waals surface area contributed by atoms with E-state index >= 15 is 0 Å². The molecule has 0 saturated carbocycles. The van der Waals surface area contributed by atoms with Gasteiger partial charge in [-0.1, -0.05) is 30.3 Å². The Morgan fingerprint density at radius 2 is 1.64 bits per heavy atom. The molecule has 0 spiro atoms. The molecular weight excluding hydrogens is 320 g/mol. The average Bonchev–Trinajstić information content (AvgIpc) is 2.66. The van der Waals surface area contributed by atoms with Crippen LogP contribution in [0, 0.1) is 5.41 Å². The van der Waals surface area contributed by atoms with Gasteiger partial charge in [-0.25, -0.2) is 0 Å². The number of nitrogens with zero attached hydrogens (tertiary/aromatic N) is 1. The third-order valence-electron chi connectivity index (χ3n) is 4.39. The van der Waals surface area contributed by atoms with Crippen LogP contribution in [0.4, 0.5) is 0 Å². The lowest BCUT2D eigenvalue weighted by Gasteiger charge is -2.36. The summed E-state index contributed by atoms with van der Waals surface area (Å²) in [6.45, 7) is 1.77. The number of hydrogen-bond donors (Lipinski definition) is 3. The summed E-state index contributed by atoms with van der Waals surface area (Å²) in [7, 11) is 1.34. The Morgan fingerprint density at radius 3 is 2.16 bits per heavy atom. The fourth-order valence-electron chi connectivity index (χ4n) is 2.53. The summed E-state index contributed by atoms with van der Waals surface area (Å²) in [5, 5.41) is 0. The van der Waals surface area contributed by atoms with Gasteiger partial charge in [0.1, 0.15) is 0 Å². The Balaban J connectivity index is 2.82. The summed E-state index contributed by atoms with van der Waals surface area (Å²) in [5.41, 5.74) is 18.1. The third-order valence-corrected chi connectivity index (χ3v) is 4.39. The topological polar surface area (TPSA) is 125 Å². The second-order valence-electron chi connectivity index (χ2n) is 6.28. The lowest BCUT2D eigenvalue weighted by atomic mass is 9.87. The molecule has 0 bridgehead atoms. The molecule has 6 N–H and O–H groups in total. The van der Waals surface area contributed by atoms with Crippen LogP contribution in [0.15, 0.2) is 30.3 Å². The molecule has 140 valence electrons. The molecule has 0 aliphatic carbocycles. The fraction of sp³-hybridized carbons (Fsp3) is 0.556. The van der Waals surface area contributed by atoms with E-state index in [0.717, 1.165) is 5.56 Å². The van der Waals surface area contributed by atoms with Crippen LogP contribution in [0.25, 0.3) is 0 Å². The maximum absolute atomic E-state index is 12.7. The van der Waals surface area contributed by atoms with Crippen LogP contribution in [-0.2, 0) is 20.9 Å². The Labute approximate surface area is 149 Å². The number of ether oxygens (including phenoxy) is 1. The first-order valence-electron chi connectivity index (χ1n) is 8.49. The van der Waals surface area contributed by atoms with E-state index in [-0.39, 0.29) is 24.7 Å². The highest BCUT2D eigenvalue weighted by molar-refractivity contribution is 5.77. The third kappa shape index (κ3) is 6.81. The summed E-state index contributed by atoms with van der Waals surface area (Å²) in [4.78, 5) is 25.7. The summed E-state index contributed by atoms with van der Waals surface area (Å²) in [5.74, 6) is -0.366. The van der Waals surface area contributed by atoms with Crippen molar-refractivity contribution in [3.05, 3.63) is 35.9 Å². The van der Waals surface area contributed by atoms with Crippen LogP contribution in [0.1, 0.15) is 24.8 Å². The number of benzene rings is 1. The highest BCUT2D eigenvalue weighted by Gasteiger charge is 2.30. The van der Waals surface area contributed by atoms with Crippen molar-refractivity contribution in [2.75, 3.05) is 33.3 Å². The van der Waals surface area contributed by atoms with E-state index in [2.05, 4.69) is 4.74 Å². The average molecular weight is 350 g/mol. The van der Waals surface area contributed by atoms with Gasteiger partial charge >= 0.3 is 5.97 Å². The van der Waals surface area contributed by atoms with E-state index in [1.54, 1.807) is 4.90 Å². The van der Waals surface area contributed by atoms with Crippen molar-refractivity contribution >= 4 is 11.9 Å². The van der Waals surface area contributed by atoms with Crippen LogP contribution in [0.2, 0.25) is 0 Å². The SMILES string of the molecule is COC(=O)CCCC(=O)N(Cc1ccccc1)CC(CN)(CN)CN. The van der Waals surface area contributed by atoms with Crippen LogP contribution >= 0.6 is 0 Å². The van der Waals surface area contributed by atoms with E-state index in [9.17, 15) is 9.59 Å². The van der Waals surface area contributed by atoms with Crippen molar-refractivity contribution < 1.29 is 14.3 Å². The number of hydrogen-bond acceptors (Lipinski definition) is 6. The second-order valence-corrected chi connectivity index (χ2v) is 6.28. The van der Waals surface area contributed by atoms with Gasteiger partial charge in [-0.2, -0.15) is 0 Å².